The summed E-state index contributed by atoms with van der Waals surface area (Å²) in [5.74, 6) is 1.89. The average molecular weight is 637 g/mol. The molecule has 10 rings (SSSR count). The van der Waals surface area contributed by atoms with E-state index in [4.69, 9.17) is 19.9 Å². The van der Waals surface area contributed by atoms with E-state index in [1.54, 1.807) is 0 Å². The molecule has 0 radical (unpaired) electrons. The Hall–Kier alpha value is -6.78. The fourth-order valence-electron chi connectivity index (χ4n) is 6.97. The van der Waals surface area contributed by atoms with E-state index in [0.717, 1.165) is 49.5 Å². The van der Waals surface area contributed by atoms with Crippen molar-refractivity contribution in [2.24, 2.45) is 0 Å². The first kappa shape index (κ1) is 28.3. The lowest BCUT2D eigenvalue weighted by Crippen LogP contribution is -2.00. The van der Waals surface area contributed by atoms with Gasteiger partial charge in [0, 0.05) is 33.8 Å². The quantitative estimate of drug-likeness (QED) is 0.180. The van der Waals surface area contributed by atoms with Gasteiger partial charge in [0.25, 0.3) is 0 Å². The highest BCUT2D eigenvalue weighted by Gasteiger charge is 2.15. The Morgan fingerprint density at radius 3 is 1.24 bits per heavy atom. The topological polar surface area (TPSA) is 51.6 Å². The second-order valence-corrected chi connectivity index (χ2v) is 12.8. The van der Waals surface area contributed by atoms with Crippen molar-refractivity contribution >= 4 is 54.0 Å². The van der Waals surface area contributed by atoms with Crippen LogP contribution in [0.3, 0.4) is 0 Å². The molecule has 2 aromatic heterocycles. The first-order valence-corrected chi connectivity index (χ1v) is 16.8. The maximum absolute atomic E-state index is 5.11. The van der Waals surface area contributed by atoms with E-state index in [-0.39, 0.29) is 0 Å². The second-order valence-electron chi connectivity index (χ2n) is 12.8. The van der Waals surface area contributed by atoms with E-state index in [1.165, 1.54) is 32.3 Å². The van der Waals surface area contributed by atoms with Gasteiger partial charge < -0.3 is 0 Å². The van der Waals surface area contributed by atoms with Crippen LogP contribution in [0.1, 0.15) is 0 Å². The van der Waals surface area contributed by atoms with Crippen LogP contribution in [0.2, 0.25) is 0 Å². The zero-order valence-electron chi connectivity index (χ0n) is 27.0. The number of hydrogen-bond acceptors (Lipinski definition) is 4. The summed E-state index contributed by atoms with van der Waals surface area (Å²) in [6.45, 7) is 0. The van der Waals surface area contributed by atoms with Gasteiger partial charge >= 0.3 is 0 Å². The van der Waals surface area contributed by atoms with Crippen LogP contribution in [0.4, 0.5) is 0 Å². The Morgan fingerprint density at radius 2 is 0.640 bits per heavy atom. The third-order valence-electron chi connectivity index (χ3n) is 9.63. The molecule has 10 aromatic rings. The van der Waals surface area contributed by atoms with E-state index in [2.05, 4.69) is 164 Å². The third kappa shape index (κ3) is 5.02. The van der Waals surface area contributed by atoms with Gasteiger partial charge in [0.2, 0.25) is 0 Å². The van der Waals surface area contributed by atoms with Crippen molar-refractivity contribution < 1.29 is 0 Å². The summed E-state index contributed by atoms with van der Waals surface area (Å²) in [6.07, 6.45) is 1.95. The summed E-state index contributed by atoms with van der Waals surface area (Å²) >= 11 is 0. The highest BCUT2D eigenvalue weighted by molar-refractivity contribution is 5.99. The van der Waals surface area contributed by atoms with Gasteiger partial charge in [-0.25, -0.2) is 15.0 Å². The van der Waals surface area contributed by atoms with E-state index in [1.807, 2.05) is 6.20 Å². The fraction of sp³-hybridized carbons (Fsp3) is 0. The summed E-state index contributed by atoms with van der Waals surface area (Å²) in [5.41, 5.74) is 5.92. The molecule has 232 valence electrons. The summed E-state index contributed by atoms with van der Waals surface area (Å²) < 4.78 is 0. The Bertz CT molecular complexity index is 2950. The molecule has 0 saturated carbocycles. The minimum atomic E-state index is 0.620. The lowest BCUT2D eigenvalue weighted by molar-refractivity contribution is 1.08. The maximum atomic E-state index is 5.11. The van der Waals surface area contributed by atoms with Crippen LogP contribution >= 0.6 is 0 Å². The molecule has 4 nitrogen and oxygen atoms in total. The minimum absolute atomic E-state index is 0.620. The molecule has 8 aromatic carbocycles. The first-order chi connectivity index (χ1) is 24.7. The normalized spacial score (nSPS) is 11.6. The number of pyridine rings is 1. The van der Waals surface area contributed by atoms with Crippen molar-refractivity contribution in [3.05, 3.63) is 170 Å². The van der Waals surface area contributed by atoms with E-state index in [0.29, 0.717) is 17.5 Å². The van der Waals surface area contributed by atoms with Crippen molar-refractivity contribution in [3.8, 4) is 45.3 Å². The largest absolute Gasteiger partial charge is 0.256 e. The molecule has 4 heteroatoms. The molecule has 0 saturated heterocycles. The predicted octanol–water partition coefficient (Wildman–Crippen LogP) is 11.7. The van der Waals surface area contributed by atoms with Gasteiger partial charge in [-0.3, -0.25) is 4.98 Å². The van der Waals surface area contributed by atoms with Crippen molar-refractivity contribution in [2.75, 3.05) is 0 Å². The van der Waals surface area contributed by atoms with Crippen molar-refractivity contribution in [1.29, 1.82) is 0 Å². The molecule has 0 fully saturated rings. The van der Waals surface area contributed by atoms with Gasteiger partial charge in [0.15, 0.2) is 17.5 Å². The highest BCUT2D eigenvalue weighted by Crippen LogP contribution is 2.32. The van der Waals surface area contributed by atoms with Crippen molar-refractivity contribution in [3.63, 3.8) is 0 Å². The predicted molar refractivity (Wildman–Crippen MR) is 207 cm³/mol. The molecule has 2 heterocycles. The van der Waals surface area contributed by atoms with E-state index < -0.39 is 0 Å². The monoisotopic (exact) mass is 636 g/mol. The number of nitrogens with zero attached hydrogens (tertiary/aromatic N) is 4. The number of benzene rings is 8. The fourth-order valence-corrected chi connectivity index (χ4v) is 6.97. The number of hydrogen-bond donors (Lipinski definition) is 0. The first-order valence-electron chi connectivity index (χ1n) is 16.8. The van der Waals surface area contributed by atoms with Crippen LogP contribution < -0.4 is 0 Å². The molecule has 0 amide bonds. The molecule has 0 spiro atoms. The van der Waals surface area contributed by atoms with Gasteiger partial charge in [-0.1, -0.05) is 109 Å². The smallest absolute Gasteiger partial charge is 0.164 e. The van der Waals surface area contributed by atoms with Crippen LogP contribution in [-0.2, 0) is 0 Å². The molecule has 0 atom stereocenters. The van der Waals surface area contributed by atoms with Gasteiger partial charge in [0.1, 0.15) is 0 Å². The van der Waals surface area contributed by atoms with E-state index in [9.17, 15) is 0 Å². The molecule has 0 bridgehead atoms. The standard InChI is InChI=1S/C46H28N4/c1-3-9-31-21-36(15-13-29(31)7-1)42-27-41-26-39(19-20-43(41)47-28-42)46-49-44(37-17-14-30-8-2-4-10-32(30)23-37)48-45(50-46)38-18-16-35-22-33-11-5-6-12-34(33)24-40(35)25-38/h1-28H. The van der Waals surface area contributed by atoms with Gasteiger partial charge in [-0.2, -0.15) is 0 Å². The Morgan fingerprint density at radius 1 is 0.260 bits per heavy atom. The van der Waals surface area contributed by atoms with Crippen molar-refractivity contribution in [2.45, 2.75) is 0 Å². The number of aromatic nitrogens is 4. The SMILES string of the molecule is c1ccc2cc(-c3cnc4ccc(-c5nc(-c6ccc7ccccc7c6)nc(-c6ccc7cc8ccccc8cc7c6)n5)cc4c3)ccc2c1. The average Bonchev–Trinajstić information content (AvgIpc) is 3.18. The Balaban J connectivity index is 1.13. The number of fused-ring (bicyclic) bond motifs is 5. The van der Waals surface area contributed by atoms with Crippen LogP contribution in [0.5, 0.6) is 0 Å². The summed E-state index contributed by atoms with van der Waals surface area (Å²) in [7, 11) is 0. The lowest BCUT2D eigenvalue weighted by Gasteiger charge is -2.11. The van der Waals surface area contributed by atoms with E-state index >= 15 is 0 Å². The van der Waals surface area contributed by atoms with Crippen LogP contribution in [0, 0.1) is 0 Å². The summed E-state index contributed by atoms with van der Waals surface area (Å²) in [6, 6.07) is 57.6. The molecule has 0 aliphatic rings. The molecule has 0 unspecified atom stereocenters. The summed E-state index contributed by atoms with van der Waals surface area (Å²) in [4.78, 5) is 20.1. The third-order valence-corrected chi connectivity index (χ3v) is 9.63. The molecule has 50 heavy (non-hydrogen) atoms. The maximum Gasteiger partial charge on any atom is 0.164 e. The van der Waals surface area contributed by atoms with Crippen LogP contribution in [0.25, 0.3) is 99.3 Å². The molecular weight excluding hydrogens is 609 g/mol. The summed E-state index contributed by atoms with van der Waals surface area (Å²) in [5, 5.41) is 10.5. The Labute approximate surface area is 288 Å². The minimum Gasteiger partial charge on any atom is -0.256 e. The zero-order chi connectivity index (χ0) is 33.0. The van der Waals surface area contributed by atoms with Crippen LogP contribution in [-0.4, -0.2) is 19.9 Å². The Kier molecular flexibility index (Phi) is 6.46. The number of rotatable bonds is 4. The van der Waals surface area contributed by atoms with Crippen LogP contribution in [0.15, 0.2) is 170 Å². The van der Waals surface area contributed by atoms with Gasteiger partial charge in [0.05, 0.1) is 5.52 Å². The van der Waals surface area contributed by atoms with Crippen molar-refractivity contribution in [1.82, 2.24) is 19.9 Å². The molecule has 0 N–H and O–H groups in total. The van der Waals surface area contributed by atoms with Gasteiger partial charge in [-0.05, 0) is 103 Å². The molecular formula is C46H28N4. The molecule has 0 aliphatic heterocycles. The zero-order valence-corrected chi connectivity index (χ0v) is 27.0. The molecule has 0 aliphatic carbocycles. The highest BCUT2D eigenvalue weighted by atomic mass is 15.0. The lowest BCUT2D eigenvalue weighted by atomic mass is 10.0. The van der Waals surface area contributed by atoms with Gasteiger partial charge in [-0.15, -0.1) is 0 Å². The second kappa shape index (κ2) is 11.4.